The Hall–Kier alpha value is -2.39. The SMILES string of the molecule is N[C@@H]1CC(c2cncc3ccccc23)Oc2ccccc21. The summed E-state index contributed by atoms with van der Waals surface area (Å²) < 4.78 is 6.18. The third-order valence-electron chi connectivity index (χ3n) is 4.10. The van der Waals surface area contributed by atoms with Crippen molar-refractivity contribution in [3.8, 4) is 5.75 Å². The number of aromatic nitrogens is 1. The van der Waals surface area contributed by atoms with E-state index in [1.807, 2.05) is 48.8 Å². The van der Waals surface area contributed by atoms with Crippen molar-refractivity contribution < 1.29 is 4.74 Å². The lowest BCUT2D eigenvalue weighted by molar-refractivity contribution is 0.162. The van der Waals surface area contributed by atoms with Gasteiger partial charge in [0.1, 0.15) is 11.9 Å². The Morgan fingerprint density at radius 2 is 1.76 bits per heavy atom. The zero-order chi connectivity index (χ0) is 14.2. The van der Waals surface area contributed by atoms with Crippen LogP contribution in [-0.4, -0.2) is 4.98 Å². The summed E-state index contributed by atoms with van der Waals surface area (Å²) in [5, 5.41) is 2.31. The van der Waals surface area contributed by atoms with E-state index in [-0.39, 0.29) is 12.1 Å². The number of ether oxygens (including phenoxy) is 1. The smallest absolute Gasteiger partial charge is 0.128 e. The molecule has 0 spiro atoms. The topological polar surface area (TPSA) is 48.1 Å². The van der Waals surface area contributed by atoms with Gasteiger partial charge in [-0.05, 0) is 11.5 Å². The Balaban J connectivity index is 1.81. The van der Waals surface area contributed by atoms with E-state index in [0.717, 1.165) is 28.7 Å². The van der Waals surface area contributed by atoms with Crippen LogP contribution in [0.3, 0.4) is 0 Å². The molecule has 2 aromatic carbocycles. The van der Waals surface area contributed by atoms with Gasteiger partial charge < -0.3 is 10.5 Å². The number of para-hydroxylation sites is 1. The molecule has 0 saturated heterocycles. The van der Waals surface area contributed by atoms with E-state index in [1.54, 1.807) is 0 Å². The molecule has 0 fully saturated rings. The maximum Gasteiger partial charge on any atom is 0.128 e. The fourth-order valence-corrected chi connectivity index (χ4v) is 3.04. The molecule has 0 saturated carbocycles. The molecule has 2 heterocycles. The lowest BCUT2D eigenvalue weighted by Crippen LogP contribution is -2.24. The van der Waals surface area contributed by atoms with Crippen molar-refractivity contribution in [3.05, 3.63) is 72.1 Å². The maximum absolute atomic E-state index is 6.32. The summed E-state index contributed by atoms with van der Waals surface area (Å²) in [4.78, 5) is 4.35. The van der Waals surface area contributed by atoms with Crippen LogP contribution in [0.1, 0.15) is 29.7 Å². The number of nitrogens with two attached hydrogens (primary N) is 1. The molecule has 4 rings (SSSR count). The molecular weight excluding hydrogens is 260 g/mol. The van der Waals surface area contributed by atoms with Crippen molar-refractivity contribution in [2.24, 2.45) is 5.73 Å². The van der Waals surface area contributed by atoms with Crippen LogP contribution in [0.15, 0.2) is 60.9 Å². The molecule has 104 valence electrons. The molecule has 1 aliphatic heterocycles. The van der Waals surface area contributed by atoms with Gasteiger partial charge in [0.15, 0.2) is 0 Å². The zero-order valence-corrected chi connectivity index (χ0v) is 11.6. The highest BCUT2D eigenvalue weighted by molar-refractivity contribution is 5.85. The van der Waals surface area contributed by atoms with Gasteiger partial charge in [-0.25, -0.2) is 0 Å². The molecule has 3 aromatic rings. The van der Waals surface area contributed by atoms with E-state index in [2.05, 4.69) is 17.1 Å². The standard InChI is InChI=1S/C18H16N2O/c19-16-9-18(21-17-8-4-3-7-14(16)17)15-11-20-10-12-5-1-2-6-13(12)15/h1-8,10-11,16,18H,9,19H2/t16-,18?/m1/s1. The predicted molar refractivity (Wildman–Crippen MR) is 83.1 cm³/mol. The molecule has 0 radical (unpaired) electrons. The van der Waals surface area contributed by atoms with Gasteiger partial charge in [0.05, 0.1) is 0 Å². The van der Waals surface area contributed by atoms with Crippen molar-refractivity contribution in [1.82, 2.24) is 4.98 Å². The number of rotatable bonds is 1. The van der Waals surface area contributed by atoms with Crippen molar-refractivity contribution >= 4 is 10.8 Å². The number of fused-ring (bicyclic) bond motifs is 2. The Labute approximate surface area is 123 Å². The zero-order valence-electron chi connectivity index (χ0n) is 11.6. The third-order valence-corrected chi connectivity index (χ3v) is 4.10. The monoisotopic (exact) mass is 276 g/mol. The van der Waals surface area contributed by atoms with E-state index in [9.17, 15) is 0 Å². The molecule has 0 amide bonds. The summed E-state index contributed by atoms with van der Waals surface area (Å²) >= 11 is 0. The Bertz CT molecular complexity index is 795. The summed E-state index contributed by atoms with van der Waals surface area (Å²) in [5.41, 5.74) is 8.51. The molecule has 3 nitrogen and oxygen atoms in total. The molecule has 2 N–H and O–H groups in total. The Morgan fingerprint density at radius 1 is 0.952 bits per heavy atom. The minimum atomic E-state index is -0.0477. The second-order valence-electron chi connectivity index (χ2n) is 5.44. The van der Waals surface area contributed by atoms with Crippen LogP contribution in [0.5, 0.6) is 5.75 Å². The van der Waals surface area contributed by atoms with Gasteiger partial charge in [0.25, 0.3) is 0 Å². The molecule has 21 heavy (non-hydrogen) atoms. The van der Waals surface area contributed by atoms with Gasteiger partial charge in [-0.3, -0.25) is 4.98 Å². The van der Waals surface area contributed by atoms with Crippen molar-refractivity contribution in [3.63, 3.8) is 0 Å². The first kappa shape index (κ1) is 12.4. The van der Waals surface area contributed by atoms with Crippen LogP contribution in [0, 0.1) is 0 Å². The van der Waals surface area contributed by atoms with E-state index in [4.69, 9.17) is 10.5 Å². The van der Waals surface area contributed by atoms with Crippen LogP contribution >= 0.6 is 0 Å². The first-order valence-electron chi connectivity index (χ1n) is 7.17. The normalized spacial score (nSPS) is 20.8. The fraction of sp³-hybridized carbons (Fsp3) is 0.167. The van der Waals surface area contributed by atoms with Gasteiger partial charge in [0.2, 0.25) is 0 Å². The molecule has 3 heteroatoms. The van der Waals surface area contributed by atoms with Crippen molar-refractivity contribution in [2.75, 3.05) is 0 Å². The van der Waals surface area contributed by atoms with Crippen molar-refractivity contribution in [2.45, 2.75) is 18.6 Å². The number of pyridine rings is 1. The van der Waals surface area contributed by atoms with Gasteiger partial charge in [-0.1, -0.05) is 42.5 Å². The van der Waals surface area contributed by atoms with E-state index in [0.29, 0.717) is 0 Å². The van der Waals surface area contributed by atoms with Gasteiger partial charge in [0, 0.05) is 41.4 Å². The summed E-state index contributed by atoms with van der Waals surface area (Å²) in [6.07, 6.45) is 4.50. The highest BCUT2D eigenvalue weighted by Gasteiger charge is 2.27. The first-order chi connectivity index (χ1) is 10.3. The molecule has 1 unspecified atom stereocenters. The summed E-state index contributed by atoms with van der Waals surface area (Å²) in [5.74, 6) is 0.884. The number of nitrogens with zero attached hydrogens (tertiary/aromatic N) is 1. The summed E-state index contributed by atoms with van der Waals surface area (Å²) in [6.45, 7) is 0. The van der Waals surface area contributed by atoms with E-state index < -0.39 is 0 Å². The largest absolute Gasteiger partial charge is 0.485 e. The quantitative estimate of drug-likeness (QED) is 0.736. The van der Waals surface area contributed by atoms with Crippen LogP contribution < -0.4 is 10.5 Å². The lowest BCUT2D eigenvalue weighted by Gasteiger charge is -2.30. The molecule has 0 aliphatic carbocycles. The number of hydrogen-bond acceptors (Lipinski definition) is 3. The molecule has 1 aromatic heterocycles. The van der Waals surface area contributed by atoms with E-state index in [1.165, 1.54) is 5.39 Å². The number of hydrogen-bond donors (Lipinski definition) is 1. The minimum Gasteiger partial charge on any atom is -0.485 e. The van der Waals surface area contributed by atoms with Crippen LogP contribution in [-0.2, 0) is 0 Å². The second kappa shape index (κ2) is 4.86. The lowest BCUT2D eigenvalue weighted by atomic mass is 9.92. The van der Waals surface area contributed by atoms with Crippen LogP contribution in [0.2, 0.25) is 0 Å². The summed E-state index contributed by atoms with van der Waals surface area (Å²) in [6, 6.07) is 16.3. The summed E-state index contributed by atoms with van der Waals surface area (Å²) in [7, 11) is 0. The van der Waals surface area contributed by atoms with E-state index >= 15 is 0 Å². The molecule has 1 aliphatic rings. The third kappa shape index (κ3) is 2.06. The van der Waals surface area contributed by atoms with Gasteiger partial charge in [-0.2, -0.15) is 0 Å². The van der Waals surface area contributed by atoms with Crippen molar-refractivity contribution in [1.29, 1.82) is 0 Å². The van der Waals surface area contributed by atoms with Crippen LogP contribution in [0.4, 0.5) is 0 Å². The predicted octanol–water partition coefficient (Wildman–Crippen LogP) is 3.76. The highest BCUT2D eigenvalue weighted by atomic mass is 16.5. The van der Waals surface area contributed by atoms with Gasteiger partial charge >= 0.3 is 0 Å². The highest BCUT2D eigenvalue weighted by Crippen LogP contribution is 2.40. The minimum absolute atomic E-state index is 0.00100. The van der Waals surface area contributed by atoms with Crippen LogP contribution in [0.25, 0.3) is 10.8 Å². The molecule has 0 bridgehead atoms. The molecule has 2 atom stereocenters. The average molecular weight is 276 g/mol. The average Bonchev–Trinajstić information content (AvgIpc) is 2.54. The number of benzene rings is 2. The Kier molecular flexibility index (Phi) is 2.86. The molecular formula is C18H16N2O. The Morgan fingerprint density at radius 3 is 2.71 bits per heavy atom. The maximum atomic E-state index is 6.32. The second-order valence-corrected chi connectivity index (χ2v) is 5.44. The first-order valence-corrected chi connectivity index (χ1v) is 7.17. The fourth-order valence-electron chi connectivity index (χ4n) is 3.04. The van der Waals surface area contributed by atoms with Gasteiger partial charge in [-0.15, -0.1) is 0 Å².